The number of ether oxygens (including phenoxy) is 1. The molecule has 15 heavy (non-hydrogen) atoms. The predicted molar refractivity (Wildman–Crippen MR) is 54.6 cm³/mol. The van der Waals surface area contributed by atoms with Crippen molar-refractivity contribution in [2.45, 2.75) is 19.8 Å². The highest BCUT2D eigenvalue weighted by Gasteiger charge is 2.11. The van der Waals surface area contributed by atoms with Gasteiger partial charge in [-0.05, 0) is 25.0 Å². The summed E-state index contributed by atoms with van der Waals surface area (Å²) in [5.74, 6) is -0.315. The molecule has 0 N–H and O–H groups in total. The highest BCUT2D eigenvalue weighted by Crippen LogP contribution is 2.10. The van der Waals surface area contributed by atoms with E-state index < -0.39 is 5.97 Å². The maximum atomic E-state index is 11.3. The molecule has 0 saturated carbocycles. The summed E-state index contributed by atoms with van der Waals surface area (Å²) < 4.78 is 4.62. The maximum Gasteiger partial charge on any atom is 0.339 e. The summed E-state index contributed by atoms with van der Waals surface area (Å²) in [5.41, 5.74) is 1.23. The molecule has 0 aromatic carbocycles. The molecule has 0 spiro atoms. The first-order valence-corrected chi connectivity index (χ1v) is 4.65. The molecule has 1 aromatic rings. The molecule has 0 saturated heterocycles. The lowest BCUT2D eigenvalue weighted by atomic mass is 10.0. The Balaban J connectivity index is 2.86. The maximum absolute atomic E-state index is 11.3. The minimum atomic E-state index is -0.415. The molecule has 0 fully saturated rings. The lowest BCUT2D eigenvalue weighted by Gasteiger charge is -2.05. The van der Waals surface area contributed by atoms with E-state index in [2.05, 4.69) is 9.72 Å². The van der Waals surface area contributed by atoms with E-state index in [1.807, 2.05) is 0 Å². The number of aryl methyl sites for hydroxylation is 1. The third kappa shape index (κ3) is 3.16. The van der Waals surface area contributed by atoms with Gasteiger partial charge in [-0.1, -0.05) is 0 Å². The molecule has 0 aliphatic rings. The van der Waals surface area contributed by atoms with Crippen LogP contribution in [-0.4, -0.2) is 23.8 Å². The fourth-order valence-electron chi connectivity index (χ4n) is 1.25. The largest absolute Gasteiger partial charge is 0.465 e. The molecule has 0 radical (unpaired) electrons. The van der Waals surface area contributed by atoms with Crippen molar-refractivity contribution in [2.24, 2.45) is 0 Å². The van der Waals surface area contributed by atoms with Crippen molar-refractivity contribution in [3.8, 4) is 0 Å². The van der Waals surface area contributed by atoms with Crippen LogP contribution < -0.4 is 0 Å². The van der Waals surface area contributed by atoms with Gasteiger partial charge in [-0.2, -0.15) is 0 Å². The number of Topliss-reactive ketones (excluding diaryl/α,β-unsaturated/α-hetero) is 1. The van der Waals surface area contributed by atoms with Crippen LogP contribution in [0.3, 0.4) is 0 Å². The molecule has 1 rings (SSSR count). The Bertz CT molecular complexity index is 374. The number of methoxy groups -OCH3 is 1. The topological polar surface area (TPSA) is 56.3 Å². The van der Waals surface area contributed by atoms with Gasteiger partial charge in [0.1, 0.15) is 5.78 Å². The Hall–Kier alpha value is -1.71. The van der Waals surface area contributed by atoms with Crippen molar-refractivity contribution in [1.29, 1.82) is 0 Å². The number of pyridine rings is 1. The van der Waals surface area contributed by atoms with Gasteiger partial charge in [-0.25, -0.2) is 4.79 Å². The Labute approximate surface area is 88.3 Å². The zero-order chi connectivity index (χ0) is 11.3. The molecule has 80 valence electrons. The van der Waals surface area contributed by atoms with Crippen molar-refractivity contribution in [3.63, 3.8) is 0 Å². The highest BCUT2D eigenvalue weighted by atomic mass is 16.5. The molecule has 0 aliphatic carbocycles. The van der Waals surface area contributed by atoms with Gasteiger partial charge < -0.3 is 9.53 Å². The van der Waals surface area contributed by atoms with Crippen LogP contribution in [0.5, 0.6) is 0 Å². The van der Waals surface area contributed by atoms with Crippen LogP contribution >= 0.6 is 0 Å². The minimum Gasteiger partial charge on any atom is -0.465 e. The molecular weight excluding hydrogens is 194 g/mol. The standard InChI is InChI=1S/C11H13NO3/c1-8(13)3-4-9-5-6-12-7-10(9)11(14)15-2/h5-7H,3-4H2,1-2H3. The van der Waals surface area contributed by atoms with Crippen molar-refractivity contribution in [2.75, 3.05) is 7.11 Å². The van der Waals surface area contributed by atoms with Crippen LogP contribution in [0.1, 0.15) is 29.3 Å². The monoisotopic (exact) mass is 207 g/mol. The van der Waals surface area contributed by atoms with Crippen LogP contribution in [0.25, 0.3) is 0 Å². The SMILES string of the molecule is COC(=O)c1cnccc1CCC(C)=O. The number of carbonyl (C=O) groups is 2. The normalized spacial score (nSPS) is 9.73. The van der Waals surface area contributed by atoms with E-state index in [9.17, 15) is 9.59 Å². The first-order chi connectivity index (χ1) is 7.15. The van der Waals surface area contributed by atoms with Crippen LogP contribution in [0, 0.1) is 0 Å². The quantitative estimate of drug-likeness (QED) is 0.700. The van der Waals surface area contributed by atoms with Crippen molar-refractivity contribution >= 4 is 11.8 Å². The summed E-state index contributed by atoms with van der Waals surface area (Å²) in [5, 5.41) is 0. The molecule has 0 aliphatic heterocycles. The molecule has 0 atom stereocenters. The molecule has 0 bridgehead atoms. The van der Waals surface area contributed by atoms with Gasteiger partial charge in [0.25, 0.3) is 0 Å². The minimum absolute atomic E-state index is 0.0997. The van der Waals surface area contributed by atoms with E-state index in [4.69, 9.17) is 0 Å². The van der Waals surface area contributed by atoms with E-state index in [0.29, 0.717) is 18.4 Å². The average molecular weight is 207 g/mol. The van der Waals surface area contributed by atoms with Crippen LogP contribution in [0.4, 0.5) is 0 Å². The summed E-state index contributed by atoms with van der Waals surface area (Å²) in [7, 11) is 1.32. The zero-order valence-electron chi connectivity index (χ0n) is 8.82. The zero-order valence-corrected chi connectivity index (χ0v) is 8.82. The third-order valence-electron chi connectivity index (χ3n) is 2.06. The number of carbonyl (C=O) groups excluding carboxylic acids is 2. The molecule has 1 heterocycles. The van der Waals surface area contributed by atoms with Gasteiger partial charge in [-0.3, -0.25) is 4.98 Å². The smallest absolute Gasteiger partial charge is 0.339 e. The second-order valence-corrected chi connectivity index (χ2v) is 3.23. The summed E-state index contributed by atoms with van der Waals surface area (Å²) >= 11 is 0. The second-order valence-electron chi connectivity index (χ2n) is 3.23. The number of ketones is 1. The molecule has 0 amide bonds. The Morgan fingerprint density at radius 2 is 2.20 bits per heavy atom. The number of aromatic nitrogens is 1. The van der Waals surface area contributed by atoms with E-state index in [-0.39, 0.29) is 5.78 Å². The van der Waals surface area contributed by atoms with Crippen molar-refractivity contribution in [3.05, 3.63) is 29.6 Å². The van der Waals surface area contributed by atoms with Gasteiger partial charge in [0.05, 0.1) is 12.7 Å². The van der Waals surface area contributed by atoms with Crippen molar-refractivity contribution in [1.82, 2.24) is 4.98 Å². The van der Waals surface area contributed by atoms with Crippen LogP contribution in [-0.2, 0) is 16.0 Å². The predicted octanol–water partition coefficient (Wildman–Crippen LogP) is 1.39. The average Bonchev–Trinajstić information content (AvgIpc) is 2.25. The van der Waals surface area contributed by atoms with E-state index in [0.717, 1.165) is 5.56 Å². The third-order valence-corrected chi connectivity index (χ3v) is 2.06. The van der Waals surface area contributed by atoms with Gasteiger partial charge in [-0.15, -0.1) is 0 Å². The molecule has 0 unspecified atom stereocenters. The van der Waals surface area contributed by atoms with E-state index in [1.54, 1.807) is 12.3 Å². The summed E-state index contributed by atoms with van der Waals surface area (Å²) in [4.78, 5) is 26.0. The Morgan fingerprint density at radius 3 is 2.80 bits per heavy atom. The fourth-order valence-corrected chi connectivity index (χ4v) is 1.25. The summed E-state index contributed by atoms with van der Waals surface area (Å²) in [6, 6.07) is 1.73. The first kappa shape index (κ1) is 11.4. The Morgan fingerprint density at radius 1 is 1.47 bits per heavy atom. The van der Waals surface area contributed by atoms with Crippen LogP contribution in [0.2, 0.25) is 0 Å². The molecule has 4 nitrogen and oxygen atoms in total. The summed E-state index contributed by atoms with van der Waals surface area (Å²) in [6.07, 6.45) is 4.03. The van der Waals surface area contributed by atoms with Gasteiger partial charge in [0.15, 0.2) is 0 Å². The lowest BCUT2D eigenvalue weighted by Crippen LogP contribution is -2.07. The molecular formula is C11H13NO3. The molecule has 4 heteroatoms. The Kier molecular flexibility index (Phi) is 3.97. The number of rotatable bonds is 4. The number of esters is 1. The number of hydrogen-bond donors (Lipinski definition) is 0. The van der Waals surface area contributed by atoms with Gasteiger partial charge in [0.2, 0.25) is 0 Å². The molecule has 1 aromatic heterocycles. The van der Waals surface area contributed by atoms with Crippen LogP contribution in [0.15, 0.2) is 18.5 Å². The summed E-state index contributed by atoms with van der Waals surface area (Å²) in [6.45, 7) is 1.53. The second kappa shape index (κ2) is 5.24. The number of nitrogens with zero attached hydrogens (tertiary/aromatic N) is 1. The fraction of sp³-hybridized carbons (Fsp3) is 0.364. The number of hydrogen-bond acceptors (Lipinski definition) is 4. The van der Waals surface area contributed by atoms with Gasteiger partial charge >= 0.3 is 5.97 Å². The highest BCUT2D eigenvalue weighted by molar-refractivity contribution is 5.90. The van der Waals surface area contributed by atoms with Crippen molar-refractivity contribution < 1.29 is 14.3 Å². The lowest BCUT2D eigenvalue weighted by molar-refractivity contribution is -0.116. The first-order valence-electron chi connectivity index (χ1n) is 4.65. The van der Waals surface area contributed by atoms with E-state index in [1.165, 1.54) is 20.2 Å². The van der Waals surface area contributed by atoms with Gasteiger partial charge in [0, 0.05) is 18.8 Å². The van der Waals surface area contributed by atoms with E-state index >= 15 is 0 Å².